The predicted molar refractivity (Wildman–Crippen MR) is 103 cm³/mol. The molecule has 2 rings (SSSR count). The smallest absolute Gasteiger partial charge is 0.144 e. The zero-order chi connectivity index (χ0) is 17.5. The first kappa shape index (κ1) is 18.8. The van der Waals surface area contributed by atoms with Crippen molar-refractivity contribution >= 4 is 35.4 Å². The lowest BCUT2D eigenvalue weighted by molar-refractivity contribution is 0.280. The van der Waals surface area contributed by atoms with Crippen LogP contribution in [0.3, 0.4) is 0 Å². The summed E-state index contributed by atoms with van der Waals surface area (Å²) in [4.78, 5) is 6.69. The number of pyridine rings is 1. The van der Waals surface area contributed by atoms with Crippen LogP contribution >= 0.6 is 23.2 Å². The van der Waals surface area contributed by atoms with Crippen molar-refractivity contribution in [3.8, 4) is 5.75 Å². The van der Waals surface area contributed by atoms with Gasteiger partial charge in [-0.15, -0.1) is 0 Å². The Morgan fingerprint density at radius 1 is 1.08 bits per heavy atom. The summed E-state index contributed by atoms with van der Waals surface area (Å²) in [5, 5.41) is 1.22. The van der Waals surface area contributed by atoms with Gasteiger partial charge in [0.2, 0.25) is 0 Å². The Balaban J connectivity index is 2.16. The van der Waals surface area contributed by atoms with Crippen molar-refractivity contribution in [2.45, 2.75) is 13.3 Å². The maximum Gasteiger partial charge on any atom is 0.144 e. The summed E-state index contributed by atoms with van der Waals surface area (Å²) in [6, 6.07) is 9.35. The van der Waals surface area contributed by atoms with Crippen molar-refractivity contribution in [1.29, 1.82) is 0 Å². The van der Waals surface area contributed by atoms with Gasteiger partial charge in [-0.1, -0.05) is 29.3 Å². The third-order valence-corrected chi connectivity index (χ3v) is 4.10. The van der Waals surface area contributed by atoms with Crippen LogP contribution in [0.2, 0.25) is 10.0 Å². The zero-order valence-electron chi connectivity index (χ0n) is 14.2. The molecule has 128 valence electrons. The second kappa shape index (κ2) is 9.07. The number of hydrogen-bond donors (Lipinski definition) is 0. The highest BCUT2D eigenvalue weighted by molar-refractivity contribution is 6.37. The second-order valence-corrected chi connectivity index (χ2v) is 6.62. The fraction of sp³-hybridized carbons (Fsp3) is 0.316. The molecule has 0 aliphatic carbocycles. The number of halogens is 2. The fourth-order valence-corrected chi connectivity index (χ4v) is 2.72. The second-order valence-electron chi connectivity index (χ2n) is 5.81. The molecule has 0 aliphatic heterocycles. The maximum atomic E-state index is 6.21. The van der Waals surface area contributed by atoms with Crippen LogP contribution in [0.1, 0.15) is 23.4 Å². The van der Waals surface area contributed by atoms with E-state index in [0.717, 1.165) is 35.7 Å². The standard InChI is InChI=1S/C19H22Cl2N2O/c1-14-8-11-19(24-13-5-12-23(2)3)18(22-14)10-9-15-16(20)6-4-7-17(15)21/h4,6-11H,5,12-13H2,1-3H3/b10-9+. The van der Waals surface area contributed by atoms with Crippen LogP contribution in [-0.2, 0) is 0 Å². The van der Waals surface area contributed by atoms with Crippen molar-refractivity contribution in [2.24, 2.45) is 0 Å². The SMILES string of the molecule is Cc1ccc(OCCCN(C)C)c(/C=C/c2c(Cl)cccc2Cl)n1. The first-order valence-electron chi connectivity index (χ1n) is 7.84. The van der Waals surface area contributed by atoms with Crippen molar-refractivity contribution < 1.29 is 4.74 Å². The van der Waals surface area contributed by atoms with Gasteiger partial charge in [-0.3, -0.25) is 0 Å². The molecule has 3 nitrogen and oxygen atoms in total. The molecular formula is C19H22Cl2N2O. The largest absolute Gasteiger partial charge is 0.491 e. The van der Waals surface area contributed by atoms with E-state index in [4.69, 9.17) is 27.9 Å². The van der Waals surface area contributed by atoms with Gasteiger partial charge in [-0.25, -0.2) is 4.98 Å². The number of benzene rings is 1. The molecule has 0 saturated heterocycles. The molecule has 24 heavy (non-hydrogen) atoms. The van der Waals surface area contributed by atoms with Gasteiger partial charge in [0, 0.05) is 27.8 Å². The normalized spacial score (nSPS) is 11.4. The van der Waals surface area contributed by atoms with Crippen LogP contribution in [0.4, 0.5) is 0 Å². The maximum absolute atomic E-state index is 6.21. The molecule has 5 heteroatoms. The molecule has 0 N–H and O–H groups in total. The van der Waals surface area contributed by atoms with Gasteiger partial charge in [0.05, 0.1) is 6.61 Å². The summed E-state index contributed by atoms with van der Waals surface area (Å²) >= 11 is 12.4. The van der Waals surface area contributed by atoms with E-state index in [9.17, 15) is 0 Å². The van der Waals surface area contributed by atoms with Gasteiger partial charge in [0.1, 0.15) is 11.4 Å². The molecule has 0 amide bonds. The van der Waals surface area contributed by atoms with Gasteiger partial charge in [-0.2, -0.15) is 0 Å². The van der Waals surface area contributed by atoms with Gasteiger partial charge in [-0.05, 0) is 63.9 Å². The zero-order valence-corrected chi connectivity index (χ0v) is 15.7. The van der Waals surface area contributed by atoms with Gasteiger partial charge >= 0.3 is 0 Å². The molecule has 2 aromatic rings. The summed E-state index contributed by atoms with van der Waals surface area (Å²) in [6.07, 6.45) is 4.72. The first-order chi connectivity index (χ1) is 11.5. The molecule has 0 saturated carbocycles. The Kier molecular flexibility index (Phi) is 7.10. The summed E-state index contributed by atoms with van der Waals surface area (Å²) < 4.78 is 5.89. The minimum absolute atomic E-state index is 0.611. The number of aryl methyl sites for hydroxylation is 1. The van der Waals surface area contributed by atoms with Crippen LogP contribution in [0.5, 0.6) is 5.75 Å². The third-order valence-electron chi connectivity index (χ3n) is 3.44. The van der Waals surface area contributed by atoms with E-state index in [1.807, 2.05) is 49.4 Å². The molecule has 0 unspecified atom stereocenters. The van der Waals surface area contributed by atoms with Crippen LogP contribution in [0, 0.1) is 6.92 Å². The minimum atomic E-state index is 0.611. The lowest BCUT2D eigenvalue weighted by atomic mass is 10.2. The highest BCUT2D eigenvalue weighted by Gasteiger charge is 2.06. The van der Waals surface area contributed by atoms with Crippen LogP contribution in [0.25, 0.3) is 12.2 Å². The lowest BCUT2D eigenvalue weighted by Gasteiger charge is -2.12. The molecular weight excluding hydrogens is 343 g/mol. The van der Waals surface area contributed by atoms with Gasteiger partial charge in [0.15, 0.2) is 0 Å². The average molecular weight is 365 g/mol. The average Bonchev–Trinajstić information content (AvgIpc) is 2.52. The number of aromatic nitrogens is 1. The van der Waals surface area contributed by atoms with Crippen molar-refractivity contribution in [2.75, 3.05) is 27.2 Å². The number of hydrogen-bond acceptors (Lipinski definition) is 3. The van der Waals surface area contributed by atoms with Crippen LogP contribution in [0.15, 0.2) is 30.3 Å². The number of rotatable bonds is 7. The molecule has 0 aliphatic rings. The summed E-state index contributed by atoms with van der Waals surface area (Å²) in [7, 11) is 4.10. The Morgan fingerprint density at radius 2 is 1.79 bits per heavy atom. The lowest BCUT2D eigenvalue weighted by Crippen LogP contribution is -2.15. The Morgan fingerprint density at radius 3 is 2.46 bits per heavy atom. The van der Waals surface area contributed by atoms with E-state index >= 15 is 0 Å². The molecule has 0 fully saturated rings. The van der Waals surface area contributed by atoms with E-state index in [-0.39, 0.29) is 0 Å². The number of ether oxygens (including phenoxy) is 1. The summed E-state index contributed by atoms with van der Waals surface area (Å²) in [5.41, 5.74) is 2.49. The van der Waals surface area contributed by atoms with Crippen molar-refractivity contribution in [3.05, 3.63) is 57.3 Å². The molecule has 0 spiro atoms. The molecule has 0 atom stereocenters. The third kappa shape index (κ3) is 5.52. The highest BCUT2D eigenvalue weighted by atomic mass is 35.5. The minimum Gasteiger partial charge on any atom is -0.491 e. The van der Waals surface area contributed by atoms with Crippen molar-refractivity contribution in [3.63, 3.8) is 0 Å². The van der Waals surface area contributed by atoms with Crippen molar-refractivity contribution in [1.82, 2.24) is 9.88 Å². The first-order valence-corrected chi connectivity index (χ1v) is 8.60. The molecule has 0 bridgehead atoms. The van der Waals surface area contributed by atoms with Gasteiger partial charge < -0.3 is 9.64 Å². The van der Waals surface area contributed by atoms with Gasteiger partial charge in [0.25, 0.3) is 0 Å². The quantitative estimate of drug-likeness (QED) is 0.631. The van der Waals surface area contributed by atoms with E-state index in [1.54, 1.807) is 0 Å². The summed E-state index contributed by atoms with van der Waals surface area (Å²) in [6.45, 7) is 3.59. The Hall–Kier alpha value is -1.55. The van der Waals surface area contributed by atoms with Crippen LogP contribution < -0.4 is 4.74 Å². The molecule has 1 heterocycles. The molecule has 1 aromatic heterocycles. The Bertz CT molecular complexity index is 694. The monoisotopic (exact) mass is 364 g/mol. The summed E-state index contributed by atoms with van der Waals surface area (Å²) in [5.74, 6) is 0.763. The van der Waals surface area contributed by atoms with Crippen LogP contribution in [-0.4, -0.2) is 37.1 Å². The number of nitrogens with zero attached hydrogens (tertiary/aromatic N) is 2. The Labute approximate surface area is 153 Å². The topological polar surface area (TPSA) is 25.4 Å². The molecule has 0 radical (unpaired) electrons. The van der Waals surface area contributed by atoms with E-state index in [1.165, 1.54) is 0 Å². The van der Waals surface area contributed by atoms with E-state index in [0.29, 0.717) is 16.7 Å². The highest BCUT2D eigenvalue weighted by Crippen LogP contribution is 2.27. The van der Waals surface area contributed by atoms with E-state index < -0.39 is 0 Å². The molecule has 1 aromatic carbocycles. The van der Waals surface area contributed by atoms with E-state index in [2.05, 4.69) is 24.0 Å². The predicted octanol–water partition coefficient (Wildman–Crippen LogP) is 5.20. The fourth-order valence-electron chi connectivity index (χ4n) is 2.20.